The third-order valence-electron chi connectivity index (χ3n) is 6.63. The van der Waals surface area contributed by atoms with Crippen molar-refractivity contribution in [1.29, 1.82) is 10.5 Å². The molecule has 0 aromatic heterocycles. The van der Waals surface area contributed by atoms with Crippen LogP contribution in [0.1, 0.15) is 68.0 Å². The highest BCUT2D eigenvalue weighted by atomic mass is 19.1. The Labute approximate surface area is 231 Å². The molecule has 0 radical (unpaired) electrons. The summed E-state index contributed by atoms with van der Waals surface area (Å²) in [6.07, 6.45) is 1.92. The van der Waals surface area contributed by atoms with Crippen LogP contribution in [0.25, 0.3) is 22.3 Å². The number of alkyl halides is 2. The number of hydrogen-bond acceptors (Lipinski definition) is 2. The van der Waals surface area contributed by atoms with Crippen LogP contribution in [0.2, 0.25) is 0 Å². The molecule has 0 spiro atoms. The number of hydrogen-bond donors (Lipinski definition) is 0. The summed E-state index contributed by atoms with van der Waals surface area (Å²) in [6.45, 7) is 3.93. The van der Waals surface area contributed by atoms with Crippen molar-refractivity contribution >= 4 is 0 Å². The summed E-state index contributed by atoms with van der Waals surface area (Å²) in [5.74, 6) is 0. The number of halogens is 2. The minimum absolute atomic E-state index is 0.476. The fourth-order valence-corrected chi connectivity index (χ4v) is 4.14. The molecule has 2 nitrogen and oxygen atoms in total. The number of benzene rings is 4. The molecule has 4 rings (SSSR count). The molecule has 0 N–H and O–H groups in total. The molecule has 4 aromatic rings. The van der Waals surface area contributed by atoms with Crippen molar-refractivity contribution in [3.05, 3.63) is 119 Å². The highest BCUT2D eigenvalue weighted by Crippen LogP contribution is 2.27. The van der Waals surface area contributed by atoms with E-state index in [-0.39, 0.29) is 0 Å². The molecule has 0 fully saturated rings. The molecule has 0 aliphatic heterocycles. The molecule has 2 atom stereocenters. The third-order valence-corrected chi connectivity index (χ3v) is 6.63. The molecule has 0 aliphatic rings. The van der Waals surface area contributed by atoms with Gasteiger partial charge >= 0.3 is 0 Å². The van der Waals surface area contributed by atoms with E-state index >= 15 is 0 Å². The van der Waals surface area contributed by atoms with Gasteiger partial charge in [0.2, 0.25) is 0 Å². The summed E-state index contributed by atoms with van der Waals surface area (Å²) in [4.78, 5) is 0. The van der Waals surface area contributed by atoms with Gasteiger partial charge in [0.25, 0.3) is 0 Å². The number of nitriles is 2. The van der Waals surface area contributed by atoms with Gasteiger partial charge in [-0.15, -0.1) is 0 Å². The quantitative estimate of drug-likeness (QED) is 0.220. The Morgan fingerprint density at radius 2 is 1.03 bits per heavy atom. The molecule has 4 heteroatoms. The lowest BCUT2D eigenvalue weighted by Gasteiger charge is -2.09. The van der Waals surface area contributed by atoms with E-state index in [2.05, 4.69) is 19.1 Å². The Bertz CT molecular complexity index is 1360. The molecule has 198 valence electrons. The standard InChI is InChI=1S/C18H18FN.C17H16FN/c1-2-3-4-18(19)17-11-9-16(10-12-17)15-7-5-14(13-20)6-8-15;1-2-17(18)11-13-3-7-15(8-4-13)16-9-5-14(12-19)6-10-16/h5-12,18H,2-4H2,1H3;3-10,17H,2,11H2,1H3. The zero-order valence-corrected chi connectivity index (χ0v) is 22.6. The van der Waals surface area contributed by atoms with Crippen molar-refractivity contribution < 1.29 is 8.78 Å². The van der Waals surface area contributed by atoms with Gasteiger partial charge in [0, 0.05) is 6.42 Å². The highest BCUT2D eigenvalue weighted by Gasteiger charge is 2.09. The Kier molecular flexibility index (Phi) is 11.4. The largest absolute Gasteiger partial charge is 0.247 e. The molecular formula is C35H34F2N2. The van der Waals surface area contributed by atoms with Crippen LogP contribution < -0.4 is 0 Å². The minimum atomic E-state index is -0.870. The Balaban J connectivity index is 0.000000216. The second kappa shape index (κ2) is 15.2. The van der Waals surface area contributed by atoms with Crippen LogP contribution in [0.15, 0.2) is 97.1 Å². The van der Waals surface area contributed by atoms with Crippen LogP contribution >= 0.6 is 0 Å². The van der Waals surface area contributed by atoms with Crippen molar-refractivity contribution in [2.24, 2.45) is 0 Å². The summed E-state index contributed by atoms with van der Waals surface area (Å²) in [7, 11) is 0. The molecule has 0 amide bonds. The van der Waals surface area contributed by atoms with Crippen molar-refractivity contribution in [2.45, 2.75) is 58.3 Å². The summed E-state index contributed by atoms with van der Waals surface area (Å²) >= 11 is 0. The molecule has 39 heavy (non-hydrogen) atoms. The van der Waals surface area contributed by atoms with Gasteiger partial charge in [0.15, 0.2) is 0 Å². The first kappa shape index (κ1) is 29.3. The van der Waals surface area contributed by atoms with Gasteiger partial charge < -0.3 is 0 Å². The highest BCUT2D eigenvalue weighted by molar-refractivity contribution is 5.65. The molecule has 4 aromatic carbocycles. The predicted octanol–water partition coefficient (Wildman–Crippen LogP) is 9.94. The smallest absolute Gasteiger partial charge is 0.125 e. The fourth-order valence-electron chi connectivity index (χ4n) is 4.14. The lowest BCUT2D eigenvalue weighted by molar-refractivity contribution is 0.316. The van der Waals surface area contributed by atoms with E-state index in [0.29, 0.717) is 30.4 Å². The maximum atomic E-state index is 13.9. The zero-order chi connectivity index (χ0) is 28.0. The van der Waals surface area contributed by atoms with Gasteiger partial charge in [-0.2, -0.15) is 10.5 Å². The van der Waals surface area contributed by atoms with Gasteiger partial charge in [-0.05, 0) is 70.5 Å². The van der Waals surface area contributed by atoms with E-state index in [4.69, 9.17) is 10.5 Å². The third kappa shape index (κ3) is 8.91. The fraction of sp³-hybridized carbons (Fsp3) is 0.257. The lowest BCUT2D eigenvalue weighted by atomic mass is 10.00. The molecule has 0 aliphatic carbocycles. The van der Waals surface area contributed by atoms with Crippen LogP contribution in [0.3, 0.4) is 0 Å². The van der Waals surface area contributed by atoms with Crippen molar-refractivity contribution in [3.63, 3.8) is 0 Å². The first-order valence-electron chi connectivity index (χ1n) is 13.5. The molecule has 0 saturated carbocycles. The van der Waals surface area contributed by atoms with E-state index in [1.54, 1.807) is 24.3 Å². The van der Waals surface area contributed by atoms with Crippen molar-refractivity contribution in [2.75, 3.05) is 0 Å². The maximum absolute atomic E-state index is 13.9. The minimum Gasteiger partial charge on any atom is -0.247 e. The lowest BCUT2D eigenvalue weighted by Crippen LogP contribution is -2.02. The van der Waals surface area contributed by atoms with E-state index in [9.17, 15) is 8.78 Å². The normalized spacial score (nSPS) is 11.8. The maximum Gasteiger partial charge on any atom is 0.125 e. The summed E-state index contributed by atoms with van der Waals surface area (Å²) in [5, 5.41) is 17.5. The SMILES string of the molecule is CCC(F)Cc1ccc(-c2ccc(C#N)cc2)cc1.CCCCC(F)c1ccc(-c2ccc(C#N)cc2)cc1. The van der Waals surface area contributed by atoms with E-state index in [1.165, 1.54) is 0 Å². The first-order valence-corrected chi connectivity index (χ1v) is 13.5. The Hall–Kier alpha value is -4.28. The Morgan fingerprint density at radius 3 is 1.41 bits per heavy atom. The molecule has 0 heterocycles. The first-order chi connectivity index (χ1) is 19.0. The Morgan fingerprint density at radius 1 is 0.615 bits per heavy atom. The van der Waals surface area contributed by atoms with Gasteiger partial charge in [0.05, 0.1) is 23.3 Å². The summed E-state index contributed by atoms with van der Waals surface area (Å²) in [5.41, 5.74) is 7.30. The van der Waals surface area contributed by atoms with Gasteiger partial charge in [-0.25, -0.2) is 8.78 Å². The van der Waals surface area contributed by atoms with Gasteiger partial charge in [-0.3, -0.25) is 0 Å². The molecular weight excluding hydrogens is 486 g/mol. The van der Waals surface area contributed by atoms with Gasteiger partial charge in [0.1, 0.15) is 12.3 Å². The van der Waals surface area contributed by atoms with Crippen LogP contribution in [0.5, 0.6) is 0 Å². The van der Waals surface area contributed by atoms with Gasteiger partial charge in [-0.1, -0.05) is 99.5 Å². The average molecular weight is 521 g/mol. The molecule has 2 unspecified atom stereocenters. The van der Waals surface area contributed by atoms with Crippen LogP contribution in [0.4, 0.5) is 8.78 Å². The van der Waals surface area contributed by atoms with Crippen LogP contribution in [-0.4, -0.2) is 6.17 Å². The van der Waals surface area contributed by atoms with E-state index < -0.39 is 12.3 Å². The monoisotopic (exact) mass is 520 g/mol. The second-order valence-electron chi connectivity index (χ2n) is 9.52. The number of unbranched alkanes of at least 4 members (excludes halogenated alkanes) is 1. The van der Waals surface area contributed by atoms with Crippen molar-refractivity contribution in [3.8, 4) is 34.4 Å². The zero-order valence-electron chi connectivity index (χ0n) is 22.6. The number of rotatable bonds is 9. The average Bonchev–Trinajstić information content (AvgIpc) is 3.00. The molecule has 0 saturated heterocycles. The summed E-state index contributed by atoms with van der Waals surface area (Å²) < 4.78 is 27.2. The summed E-state index contributed by atoms with van der Waals surface area (Å²) in [6, 6.07) is 34.6. The second-order valence-corrected chi connectivity index (χ2v) is 9.52. The van der Waals surface area contributed by atoms with E-state index in [1.807, 2.05) is 79.7 Å². The van der Waals surface area contributed by atoms with Crippen LogP contribution in [0, 0.1) is 22.7 Å². The van der Waals surface area contributed by atoms with Crippen LogP contribution in [-0.2, 0) is 6.42 Å². The van der Waals surface area contributed by atoms with Crippen molar-refractivity contribution in [1.82, 2.24) is 0 Å². The molecule has 0 bridgehead atoms. The topological polar surface area (TPSA) is 47.6 Å². The predicted molar refractivity (Wildman–Crippen MR) is 155 cm³/mol. The van der Waals surface area contributed by atoms with E-state index in [0.717, 1.165) is 46.2 Å². The number of nitrogens with zero attached hydrogens (tertiary/aromatic N) is 2.